The Morgan fingerprint density at radius 1 is 0.741 bits per heavy atom. The number of unbranched alkanes of at least 4 members (excludes halogenated alkanes) is 11. The third-order valence-electron chi connectivity index (χ3n) is 5.39. The molecule has 0 bridgehead atoms. The van der Waals surface area contributed by atoms with Gasteiger partial charge in [0.15, 0.2) is 0 Å². The van der Waals surface area contributed by atoms with Gasteiger partial charge in [0.05, 0.1) is 18.6 Å². The molecule has 1 atom stereocenters. The highest BCUT2D eigenvalue weighted by molar-refractivity contribution is 7.99. The predicted octanol–water partition coefficient (Wildman–Crippen LogP) is 6.82. The Labute approximate surface area is 174 Å². The van der Waals surface area contributed by atoms with Crippen molar-refractivity contribution in [2.24, 2.45) is 5.41 Å². The predicted molar refractivity (Wildman–Crippen MR) is 121 cm³/mol. The zero-order valence-electron chi connectivity index (χ0n) is 18.8. The Balaban J connectivity index is 3.88. The summed E-state index contributed by atoms with van der Waals surface area (Å²) in [5, 5.41) is 9.91. The van der Waals surface area contributed by atoms with Crippen molar-refractivity contribution in [2.75, 3.05) is 33.2 Å². The Morgan fingerprint density at radius 3 is 1.59 bits per heavy atom. The minimum atomic E-state index is -0.278. The van der Waals surface area contributed by atoms with Crippen molar-refractivity contribution in [3.05, 3.63) is 0 Å². The van der Waals surface area contributed by atoms with E-state index in [0.29, 0.717) is 13.2 Å². The standard InChI is InChI=1S/C23H48O3S/c1-5-7-8-9-10-11-12-13-14-15-16-17-18-23(19-25-3,20-26-4)21-27-22(24)6-2/h22,24H,5-21H2,1-4H3. The third-order valence-corrected chi connectivity index (χ3v) is 6.89. The van der Waals surface area contributed by atoms with Crippen LogP contribution in [0.4, 0.5) is 0 Å². The largest absolute Gasteiger partial charge is 0.384 e. The van der Waals surface area contributed by atoms with E-state index in [2.05, 4.69) is 6.92 Å². The van der Waals surface area contributed by atoms with E-state index in [0.717, 1.165) is 18.6 Å². The number of ether oxygens (including phenoxy) is 2. The SMILES string of the molecule is CCCCCCCCCCCCCCC(COC)(COC)CSC(O)CC. The zero-order chi connectivity index (χ0) is 20.2. The molecule has 0 rings (SSSR count). The summed E-state index contributed by atoms with van der Waals surface area (Å²) in [5.74, 6) is 0.904. The van der Waals surface area contributed by atoms with Gasteiger partial charge in [0.1, 0.15) is 0 Å². The highest BCUT2D eigenvalue weighted by Crippen LogP contribution is 2.32. The molecule has 0 saturated heterocycles. The lowest BCUT2D eigenvalue weighted by Crippen LogP contribution is -2.35. The topological polar surface area (TPSA) is 38.7 Å². The van der Waals surface area contributed by atoms with Crippen LogP contribution < -0.4 is 0 Å². The maximum atomic E-state index is 9.91. The Morgan fingerprint density at radius 2 is 1.19 bits per heavy atom. The van der Waals surface area contributed by atoms with E-state index in [1.165, 1.54) is 77.0 Å². The van der Waals surface area contributed by atoms with Crippen molar-refractivity contribution in [1.29, 1.82) is 0 Å². The molecule has 0 aliphatic heterocycles. The second kappa shape index (κ2) is 19.5. The number of aliphatic hydroxyl groups excluding tert-OH is 1. The first kappa shape index (κ1) is 27.2. The van der Waals surface area contributed by atoms with Gasteiger partial charge < -0.3 is 14.6 Å². The van der Waals surface area contributed by atoms with Crippen molar-refractivity contribution >= 4 is 11.8 Å². The van der Waals surface area contributed by atoms with E-state index >= 15 is 0 Å². The fraction of sp³-hybridized carbons (Fsp3) is 1.00. The summed E-state index contributed by atoms with van der Waals surface area (Å²) in [6, 6.07) is 0. The van der Waals surface area contributed by atoms with E-state index < -0.39 is 0 Å². The van der Waals surface area contributed by atoms with Crippen LogP contribution in [0.1, 0.15) is 104 Å². The van der Waals surface area contributed by atoms with Gasteiger partial charge in [-0.1, -0.05) is 90.9 Å². The van der Waals surface area contributed by atoms with Gasteiger partial charge in [-0.2, -0.15) is 0 Å². The number of rotatable bonds is 21. The van der Waals surface area contributed by atoms with Crippen molar-refractivity contribution in [2.45, 2.75) is 109 Å². The molecule has 0 fully saturated rings. The summed E-state index contributed by atoms with van der Waals surface area (Å²) in [5.41, 5.74) is -0.247. The normalized spacial score (nSPS) is 13.2. The van der Waals surface area contributed by atoms with Gasteiger partial charge in [-0.05, 0) is 12.8 Å². The molecule has 3 nitrogen and oxygen atoms in total. The van der Waals surface area contributed by atoms with Gasteiger partial charge in [-0.15, -0.1) is 11.8 Å². The van der Waals surface area contributed by atoms with Crippen LogP contribution in [0.25, 0.3) is 0 Å². The lowest BCUT2D eigenvalue weighted by molar-refractivity contribution is 0.0180. The number of aliphatic hydroxyl groups is 1. The molecule has 27 heavy (non-hydrogen) atoms. The number of hydrogen-bond acceptors (Lipinski definition) is 4. The molecule has 0 aromatic rings. The molecule has 0 aliphatic carbocycles. The molecule has 0 saturated carbocycles. The first-order valence-corrected chi connectivity index (χ1v) is 12.5. The molecule has 0 aromatic carbocycles. The molecule has 0 radical (unpaired) electrons. The Kier molecular flexibility index (Phi) is 19.7. The van der Waals surface area contributed by atoms with Gasteiger partial charge in [0.2, 0.25) is 0 Å². The summed E-state index contributed by atoms with van der Waals surface area (Å²) < 4.78 is 11.0. The lowest BCUT2D eigenvalue weighted by Gasteiger charge is -2.33. The molecule has 1 N–H and O–H groups in total. The molecule has 164 valence electrons. The van der Waals surface area contributed by atoms with Crippen LogP contribution in [-0.4, -0.2) is 43.7 Å². The summed E-state index contributed by atoms with van der Waals surface area (Å²) in [4.78, 5) is 0. The van der Waals surface area contributed by atoms with Crippen molar-refractivity contribution in [1.82, 2.24) is 0 Å². The smallest absolute Gasteiger partial charge is 0.0990 e. The lowest BCUT2D eigenvalue weighted by atomic mass is 9.86. The van der Waals surface area contributed by atoms with Gasteiger partial charge in [0, 0.05) is 25.4 Å². The average molecular weight is 405 g/mol. The average Bonchev–Trinajstić information content (AvgIpc) is 2.67. The van der Waals surface area contributed by atoms with E-state index in [1.54, 1.807) is 26.0 Å². The third kappa shape index (κ3) is 15.8. The van der Waals surface area contributed by atoms with E-state index in [1.807, 2.05) is 6.92 Å². The van der Waals surface area contributed by atoms with Gasteiger partial charge in [-0.25, -0.2) is 0 Å². The van der Waals surface area contributed by atoms with Crippen LogP contribution in [-0.2, 0) is 9.47 Å². The number of methoxy groups -OCH3 is 2. The molecule has 0 aromatic heterocycles. The van der Waals surface area contributed by atoms with Crippen LogP contribution >= 0.6 is 11.8 Å². The van der Waals surface area contributed by atoms with E-state index in [4.69, 9.17) is 9.47 Å². The van der Waals surface area contributed by atoms with Crippen LogP contribution in [0.15, 0.2) is 0 Å². The van der Waals surface area contributed by atoms with Crippen LogP contribution in [0.5, 0.6) is 0 Å². The molecule has 0 amide bonds. The maximum absolute atomic E-state index is 9.91. The summed E-state index contributed by atoms with van der Waals surface area (Å²) in [6.45, 7) is 5.73. The van der Waals surface area contributed by atoms with Crippen LogP contribution in [0, 0.1) is 5.41 Å². The molecule has 1 unspecified atom stereocenters. The first-order chi connectivity index (χ1) is 13.1. The summed E-state index contributed by atoms with van der Waals surface area (Å²) in [7, 11) is 3.54. The quantitative estimate of drug-likeness (QED) is 0.168. The molecule has 0 spiro atoms. The Bertz CT molecular complexity index is 293. The van der Waals surface area contributed by atoms with Gasteiger partial charge in [0.25, 0.3) is 0 Å². The summed E-state index contributed by atoms with van der Waals surface area (Å²) >= 11 is 1.64. The highest BCUT2D eigenvalue weighted by Gasteiger charge is 2.30. The minimum Gasteiger partial charge on any atom is -0.384 e. The summed E-state index contributed by atoms with van der Waals surface area (Å²) in [6.07, 6.45) is 18.4. The Hall–Kier alpha value is 0.230. The van der Waals surface area contributed by atoms with Crippen LogP contribution in [0.3, 0.4) is 0 Å². The molecular formula is C23H48O3S. The van der Waals surface area contributed by atoms with Crippen molar-refractivity contribution in [3.63, 3.8) is 0 Å². The number of hydrogen-bond donors (Lipinski definition) is 1. The maximum Gasteiger partial charge on any atom is 0.0990 e. The van der Waals surface area contributed by atoms with Crippen molar-refractivity contribution < 1.29 is 14.6 Å². The molecule has 0 heterocycles. The van der Waals surface area contributed by atoms with Gasteiger partial charge in [-0.3, -0.25) is 0 Å². The fourth-order valence-electron chi connectivity index (χ4n) is 3.69. The monoisotopic (exact) mass is 404 g/mol. The fourth-order valence-corrected chi connectivity index (χ4v) is 4.78. The van der Waals surface area contributed by atoms with E-state index in [-0.39, 0.29) is 10.9 Å². The second-order valence-electron chi connectivity index (χ2n) is 8.18. The minimum absolute atomic E-state index is 0.0306. The zero-order valence-corrected chi connectivity index (χ0v) is 19.6. The first-order valence-electron chi connectivity index (χ1n) is 11.4. The number of thioether (sulfide) groups is 1. The second-order valence-corrected chi connectivity index (χ2v) is 9.35. The molecule has 0 aliphatic rings. The molecule has 4 heteroatoms. The van der Waals surface area contributed by atoms with Gasteiger partial charge >= 0.3 is 0 Å². The molecular weight excluding hydrogens is 356 g/mol. The van der Waals surface area contributed by atoms with Crippen molar-refractivity contribution in [3.8, 4) is 0 Å². The van der Waals surface area contributed by atoms with E-state index in [9.17, 15) is 5.11 Å². The highest BCUT2D eigenvalue weighted by atomic mass is 32.2. The van der Waals surface area contributed by atoms with Crippen LogP contribution in [0.2, 0.25) is 0 Å².